The Bertz CT molecular complexity index is 1310. The van der Waals surface area contributed by atoms with Gasteiger partial charge < -0.3 is 25.2 Å². The summed E-state index contributed by atoms with van der Waals surface area (Å²) in [6.07, 6.45) is 47.7. The maximum absolute atomic E-state index is 12.6. The van der Waals surface area contributed by atoms with Crippen LogP contribution in [0.4, 0.5) is 0 Å². The van der Waals surface area contributed by atoms with Crippen LogP contribution < -0.4 is 5.73 Å². The van der Waals surface area contributed by atoms with Gasteiger partial charge in [-0.15, -0.1) is 0 Å². The molecule has 0 aromatic heterocycles. The van der Waals surface area contributed by atoms with Crippen LogP contribution in [-0.2, 0) is 37.5 Å². The second kappa shape index (κ2) is 38.3. The molecule has 0 aromatic carbocycles. The summed E-state index contributed by atoms with van der Waals surface area (Å²) in [5, 5.41) is 8.87. The molecule has 0 bridgehead atoms. The van der Waals surface area contributed by atoms with Crippen molar-refractivity contribution in [3.8, 4) is 0 Å². The summed E-state index contributed by atoms with van der Waals surface area (Å²) in [5.41, 5.74) is 5.32. The van der Waals surface area contributed by atoms with E-state index in [9.17, 15) is 23.8 Å². The molecule has 0 saturated carbocycles. The number of phosphoric acid groups is 1. The minimum atomic E-state index is -4.74. The zero-order valence-corrected chi connectivity index (χ0v) is 34.8. The van der Waals surface area contributed by atoms with Gasteiger partial charge >= 0.3 is 25.7 Å². The lowest BCUT2D eigenvalue weighted by Crippen LogP contribution is -2.34. The molecule has 0 saturated heterocycles. The van der Waals surface area contributed by atoms with Crippen molar-refractivity contribution in [1.29, 1.82) is 0 Å². The van der Waals surface area contributed by atoms with E-state index in [1.54, 1.807) is 0 Å². The highest BCUT2D eigenvalue weighted by Crippen LogP contribution is 2.43. The second-order valence-corrected chi connectivity index (χ2v) is 14.5. The third kappa shape index (κ3) is 37.3. The summed E-state index contributed by atoms with van der Waals surface area (Å²) >= 11 is 0. The highest BCUT2D eigenvalue weighted by atomic mass is 31.2. The molecule has 0 spiro atoms. The first-order valence-electron chi connectivity index (χ1n) is 20.3. The number of allylic oxidation sites excluding steroid dienone is 16. The topological polar surface area (TPSA) is 172 Å². The molecule has 0 rings (SSSR count). The van der Waals surface area contributed by atoms with Gasteiger partial charge in [0.25, 0.3) is 0 Å². The Morgan fingerprint density at radius 3 is 1.48 bits per heavy atom. The summed E-state index contributed by atoms with van der Waals surface area (Å²) in [6, 6.07) is -1.54. The van der Waals surface area contributed by atoms with E-state index in [1.165, 1.54) is 19.3 Å². The molecule has 3 atom stereocenters. The predicted molar refractivity (Wildman–Crippen MR) is 226 cm³/mol. The van der Waals surface area contributed by atoms with E-state index in [2.05, 4.69) is 103 Å². The van der Waals surface area contributed by atoms with Crippen LogP contribution in [0.3, 0.4) is 0 Å². The van der Waals surface area contributed by atoms with Crippen molar-refractivity contribution in [3.63, 3.8) is 0 Å². The number of hydrogen-bond acceptors (Lipinski definition) is 9. The van der Waals surface area contributed by atoms with Crippen LogP contribution in [0.25, 0.3) is 0 Å². The Hall–Kier alpha value is -3.60. The van der Waals surface area contributed by atoms with Crippen LogP contribution in [0.1, 0.15) is 129 Å². The SMILES string of the molecule is CC/C=C/C/C=C/C/C=C/C/C=C/C/C=C/CCCC(=O)O[C@H](COC(=O)CCCC/C=C/C/C=C/C/C=C/CCCCC)COP(=O)(O)OC[C@H](N)C(=O)O. The van der Waals surface area contributed by atoms with Gasteiger partial charge in [0.05, 0.1) is 13.2 Å². The molecule has 0 aromatic rings. The third-order valence-corrected chi connectivity index (χ3v) is 8.77. The van der Waals surface area contributed by atoms with Crippen molar-refractivity contribution >= 4 is 25.7 Å². The first kappa shape index (κ1) is 52.4. The maximum Gasteiger partial charge on any atom is 0.472 e. The van der Waals surface area contributed by atoms with Crippen LogP contribution in [0, 0.1) is 0 Å². The van der Waals surface area contributed by atoms with Crippen molar-refractivity contribution in [1.82, 2.24) is 0 Å². The molecule has 56 heavy (non-hydrogen) atoms. The van der Waals surface area contributed by atoms with Crippen LogP contribution in [-0.4, -0.2) is 59.9 Å². The summed E-state index contributed by atoms with van der Waals surface area (Å²) in [7, 11) is -4.74. The number of esters is 2. The summed E-state index contributed by atoms with van der Waals surface area (Å²) < 4.78 is 32.5. The molecule has 11 nitrogen and oxygen atoms in total. The molecule has 0 aliphatic rings. The molecule has 4 N–H and O–H groups in total. The lowest BCUT2D eigenvalue weighted by atomic mass is 10.1. The summed E-state index contributed by atoms with van der Waals surface area (Å²) in [5.74, 6) is -2.52. The minimum Gasteiger partial charge on any atom is -0.480 e. The average molecular weight is 804 g/mol. The van der Waals surface area contributed by atoms with Gasteiger partial charge in [-0.2, -0.15) is 0 Å². The number of carbonyl (C=O) groups excluding carboxylic acids is 2. The van der Waals surface area contributed by atoms with E-state index in [0.717, 1.165) is 64.2 Å². The van der Waals surface area contributed by atoms with Crippen molar-refractivity contribution in [2.45, 2.75) is 142 Å². The van der Waals surface area contributed by atoms with E-state index in [4.69, 9.17) is 24.8 Å². The fourth-order valence-electron chi connectivity index (χ4n) is 4.63. The number of phosphoric ester groups is 1. The number of ether oxygens (including phenoxy) is 2. The van der Waals surface area contributed by atoms with E-state index in [1.807, 2.05) is 12.2 Å². The lowest BCUT2D eigenvalue weighted by Gasteiger charge is -2.20. The molecule has 0 fully saturated rings. The van der Waals surface area contributed by atoms with E-state index < -0.39 is 57.7 Å². The van der Waals surface area contributed by atoms with Crippen LogP contribution in [0.15, 0.2) is 97.2 Å². The lowest BCUT2D eigenvalue weighted by molar-refractivity contribution is -0.161. The molecule has 12 heteroatoms. The Labute approximate surface area is 336 Å². The Balaban J connectivity index is 4.60. The molecule has 0 amide bonds. The number of carboxylic acids is 1. The number of aliphatic carboxylic acids is 1. The largest absolute Gasteiger partial charge is 0.480 e. The van der Waals surface area contributed by atoms with Gasteiger partial charge in [0.15, 0.2) is 6.10 Å². The predicted octanol–water partition coefficient (Wildman–Crippen LogP) is 10.5. The maximum atomic E-state index is 12.6. The molecular formula is C44H70NO10P. The van der Waals surface area contributed by atoms with Crippen LogP contribution in [0.5, 0.6) is 0 Å². The molecule has 0 heterocycles. The van der Waals surface area contributed by atoms with Crippen molar-refractivity contribution in [3.05, 3.63) is 97.2 Å². The van der Waals surface area contributed by atoms with Gasteiger partial charge in [0, 0.05) is 12.8 Å². The highest BCUT2D eigenvalue weighted by Gasteiger charge is 2.28. The van der Waals surface area contributed by atoms with E-state index in [-0.39, 0.29) is 12.8 Å². The van der Waals surface area contributed by atoms with Gasteiger partial charge in [-0.3, -0.25) is 23.4 Å². The number of hydrogen-bond donors (Lipinski definition) is 3. The minimum absolute atomic E-state index is 0.0684. The summed E-state index contributed by atoms with van der Waals surface area (Å²) in [6.45, 7) is 2.53. The average Bonchev–Trinajstić information content (AvgIpc) is 3.17. The zero-order chi connectivity index (χ0) is 41.4. The monoisotopic (exact) mass is 803 g/mol. The number of carboxylic acid groups (broad SMARTS) is 1. The van der Waals surface area contributed by atoms with Crippen LogP contribution in [0.2, 0.25) is 0 Å². The van der Waals surface area contributed by atoms with Gasteiger partial charge in [0.1, 0.15) is 12.6 Å². The fraction of sp³-hybridized carbons (Fsp3) is 0.568. The molecule has 1 unspecified atom stereocenters. The number of rotatable bonds is 36. The number of carbonyl (C=O) groups is 3. The Kier molecular flexibility index (Phi) is 35.8. The normalized spacial score (nSPS) is 14.8. The van der Waals surface area contributed by atoms with Crippen molar-refractivity contribution < 1.29 is 47.5 Å². The number of nitrogens with two attached hydrogens (primary N) is 1. The Morgan fingerprint density at radius 1 is 0.571 bits per heavy atom. The van der Waals surface area contributed by atoms with Crippen molar-refractivity contribution in [2.75, 3.05) is 19.8 Å². The van der Waals surface area contributed by atoms with Gasteiger partial charge in [-0.05, 0) is 89.9 Å². The third-order valence-electron chi connectivity index (χ3n) is 7.82. The molecule has 0 radical (unpaired) electrons. The molecular weight excluding hydrogens is 733 g/mol. The van der Waals surface area contributed by atoms with E-state index >= 15 is 0 Å². The second-order valence-electron chi connectivity index (χ2n) is 13.0. The Morgan fingerprint density at radius 2 is 1.00 bits per heavy atom. The quantitative estimate of drug-likeness (QED) is 0.0238. The van der Waals surface area contributed by atoms with Gasteiger partial charge in [-0.1, -0.05) is 124 Å². The van der Waals surface area contributed by atoms with Crippen molar-refractivity contribution in [2.24, 2.45) is 5.73 Å². The first-order chi connectivity index (χ1) is 27.1. The van der Waals surface area contributed by atoms with Gasteiger partial charge in [-0.25, -0.2) is 4.57 Å². The standard InChI is InChI=1S/C44H70NO10P/c1-3-5-7-9-11-13-15-17-19-20-22-24-26-28-30-32-34-36-43(47)55-40(38-53-56(50,51)54-39-41(45)44(48)49)37-52-42(46)35-33-31-29-27-25-23-21-18-16-14-12-10-8-6-4-2/h5,7,11-14,17-19,21-22,24-25,27-28,30,40-41H,3-4,6,8-10,15-16,20,23,26,29,31-39,45H2,1-2H3,(H,48,49)(H,50,51)/b7-5+,13-11+,14-12+,19-17+,21-18+,24-22+,27-25+,30-28+/t40-,41+/m1/s1. The van der Waals surface area contributed by atoms with Gasteiger partial charge in [0.2, 0.25) is 0 Å². The highest BCUT2D eigenvalue weighted by molar-refractivity contribution is 7.47. The molecule has 0 aliphatic carbocycles. The fourth-order valence-corrected chi connectivity index (χ4v) is 5.41. The molecule has 316 valence electrons. The molecule has 0 aliphatic heterocycles. The summed E-state index contributed by atoms with van der Waals surface area (Å²) in [4.78, 5) is 45.8. The zero-order valence-electron chi connectivity index (χ0n) is 33.9. The number of unbranched alkanes of at least 4 members (excludes halogenated alkanes) is 6. The first-order valence-corrected chi connectivity index (χ1v) is 21.8. The smallest absolute Gasteiger partial charge is 0.472 e. The van der Waals surface area contributed by atoms with E-state index in [0.29, 0.717) is 19.3 Å². The van der Waals surface area contributed by atoms with Crippen LogP contribution >= 0.6 is 7.82 Å².